The maximum absolute atomic E-state index is 11.8. The quantitative estimate of drug-likeness (QED) is 0.857. The molecule has 0 spiro atoms. The molecule has 1 N–H and O–H groups in total. The zero-order valence-corrected chi connectivity index (χ0v) is 10.4. The second-order valence-corrected chi connectivity index (χ2v) is 5.18. The molecule has 1 aliphatic carbocycles. The average molecular weight is 271 g/mol. The minimum atomic E-state index is -4.46. The van der Waals surface area contributed by atoms with Gasteiger partial charge in [-0.25, -0.2) is 4.79 Å². The number of alkyl carbamates (subject to hydrolysis) is 1. The zero-order chi connectivity index (χ0) is 12.9. The Labute approximate surface area is 102 Å². The summed E-state index contributed by atoms with van der Waals surface area (Å²) in [7, 11) is 0. The predicted octanol–water partition coefficient (Wildman–Crippen LogP) is 2.95. The molecule has 1 amide bonds. The molecule has 1 saturated carbocycles. The monoisotopic (exact) mass is 271 g/mol. The summed E-state index contributed by atoms with van der Waals surface area (Å²) in [4.78, 5) is 11.1. The van der Waals surface area contributed by atoms with Gasteiger partial charge in [0.15, 0.2) is 6.61 Å². The number of amides is 1. The molecule has 0 heterocycles. The van der Waals surface area contributed by atoms with Crippen molar-refractivity contribution in [2.45, 2.75) is 43.2 Å². The number of thioether (sulfide) groups is 1. The van der Waals surface area contributed by atoms with Gasteiger partial charge in [0.2, 0.25) is 0 Å². The van der Waals surface area contributed by atoms with Gasteiger partial charge in [-0.15, -0.1) is 0 Å². The summed E-state index contributed by atoms with van der Waals surface area (Å²) in [5.41, 5.74) is 0. The van der Waals surface area contributed by atoms with Crippen molar-refractivity contribution in [3.8, 4) is 0 Å². The predicted molar refractivity (Wildman–Crippen MR) is 60.1 cm³/mol. The maximum Gasteiger partial charge on any atom is 0.422 e. The van der Waals surface area contributed by atoms with E-state index in [1.165, 1.54) is 0 Å². The Hall–Kier alpha value is -0.590. The Morgan fingerprint density at radius 2 is 1.94 bits per heavy atom. The number of carbonyl (C=O) groups is 1. The van der Waals surface area contributed by atoms with Crippen LogP contribution in [0.25, 0.3) is 0 Å². The molecule has 0 unspecified atom stereocenters. The summed E-state index contributed by atoms with van der Waals surface area (Å²) in [6, 6.07) is -0.0564. The van der Waals surface area contributed by atoms with Crippen LogP contribution in [0.5, 0.6) is 0 Å². The van der Waals surface area contributed by atoms with Crippen LogP contribution >= 0.6 is 11.8 Å². The molecule has 100 valence electrons. The van der Waals surface area contributed by atoms with Gasteiger partial charge in [-0.05, 0) is 31.9 Å². The third-order valence-electron chi connectivity index (χ3n) is 2.70. The van der Waals surface area contributed by atoms with Crippen LogP contribution in [0.4, 0.5) is 18.0 Å². The van der Waals surface area contributed by atoms with Crippen molar-refractivity contribution >= 4 is 17.9 Å². The van der Waals surface area contributed by atoms with E-state index in [0.29, 0.717) is 5.25 Å². The molecule has 0 aromatic rings. The van der Waals surface area contributed by atoms with Crippen molar-refractivity contribution in [2.24, 2.45) is 0 Å². The Kier molecular flexibility index (Phi) is 5.42. The lowest BCUT2D eigenvalue weighted by molar-refractivity contribution is -0.160. The van der Waals surface area contributed by atoms with Crippen molar-refractivity contribution in [3.05, 3.63) is 0 Å². The fourth-order valence-electron chi connectivity index (χ4n) is 1.80. The molecule has 0 radical (unpaired) electrons. The summed E-state index contributed by atoms with van der Waals surface area (Å²) in [5, 5.41) is 3.06. The maximum atomic E-state index is 11.8. The van der Waals surface area contributed by atoms with Gasteiger partial charge in [0.25, 0.3) is 0 Å². The molecule has 7 heteroatoms. The second kappa shape index (κ2) is 6.37. The Balaban J connectivity index is 2.19. The van der Waals surface area contributed by atoms with E-state index in [4.69, 9.17) is 0 Å². The number of alkyl halides is 3. The molecule has 1 aliphatic rings. The standard InChI is InChI=1S/C10H16F3NO2S/c1-17-8-4-2-7(3-5-8)14-9(15)16-6-10(11,12)13/h7-8H,2-6H2,1H3,(H,14,15). The molecule has 1 fully saturated rings. The molecular weight excluding hydrogens is 255 g/mol. The van der Waals surface area contributed by atoms with Crippen molar-refractivity contribution in [1.29, 1.82) is 0 Å². The van der Waals surface area contributed by atoms with Gasteiger partial charge in [-0.1, -0.05) is 0 Å². The Bertz CT molecular complexity index is 252. The highest BCUT2D eigenvalue weighted by molar-refractivity contribution is 7.99. The SMILES string of the molecule is CSC1CCC(NC(=O)OCC(F)(F)F)CC1. The minimum absolute atomic E-state index is 0.0564. The molecule has 3 nitrogen and oxygen atoms in total. The Morgan fingerprint density at radius 3 is 2.41 bits per heavy atom. The number of halogens is 3. The molecule has 0 aliphatic heterocycles. The Morgan fingerprint density at radius 1 is 1.35 bits per heavy atom. The number of ether oxygens (including phenoxy) is 1. The molecule has 0 aromatic carbocycles. The molecule has 1 rings (SSSR count). The molecule has 17 heavy (non-hydrogen) atoms. The summed E-state index contributed by atoms with van der Waals surface area (Å²) in [5.74, 6) is 0. The first-order valence-corrected chi connectivity index (χ1v) is 6.72. The van der Waals surface area contributed by atoms with Crippen LogP contribution in [-0.4, -0.2) is 36.4 Å². The first-order chi connectivity index (χ1) is 7.90. The highest BCUT2D eigenvalue weighted by atomic mass is 32.2. The minimum Gasteiger partial charge on any atom is -0.440 e. The number of nitrogens with one attached hydrogen (secondary N) is 1. The van der Waals surface area contributed by atoms with Crippen LogP contribution in [0.15, 0.2) is 0 Å². The lowest BCUT2D eigenvalue weighted by atomic mass is 9.95. The first kappa shape index (κ1) is 14.5. The van der Waals surface area contributed by atoms with Crippen LogP contribution < -0.4 is 5.32 Å². The van der Waals surface area contributed by atoms with Gasteiger partial charge in [-0.2, -0.15) is 24.9 Å². The van der Waals surface area contributed by atoms with Crippen LogP contribution in [0.2, 0.25) is 0 Å². The molecule has 0 saturated heterocycles. The second-order valence-electron chi connectivity index (χ2n) is 4.04. The largest absolute Gasteiger partial charge is 0.440 e. The summed E-state index contributed by atoms with van der Waals surface area (Å²) >= 11 is 1.79. The number of hydrogen-bond acceptors (Lipinski definition) is 3. The van der Waals surface area contributed by atoms with Crippen molar-refractivity contribution < 1.29 is 22.7 Å². The van der Waals surface area contributed by atoms with Crippen LogP contribution in [0, 0.1) is 0 Å². The first-order valence-electron chi connectivity index (χ1n) is 5.43. The molecule has 0 aromatic heterocycles. The van der Waals surface area contributed by atoms with Gasteiger partial charge in [0, 0.05) is 11.3 Å². The summed E-state index contributed by atoms with van der Waals surface area (Å²) in [6.45, 7) is -1.53. The number of hydrogen-bond donors (Lipinski definition) is 1. The summed E-state index contributed by atoms with van der Waals surface area (Å²) < 4.78 is 39.4. The van der Waals surface area contributed by atoms with Gasteiger partial charge in [-0.3, -0.25) is 0 Å². The molecular formula is C10H16F3NO2S. The zero-order valence-electron chi connectivity index (χ0n) is 9.55. The molecule has 0 atom stereocenters. The topological polar surface area (TPSA) is 38.3 Å². The van der Waals surface area contributed by atoms with Gasteiger partial charge < -0.3 is 10.1 Å². The van der Waals surface area contributed by atoms with E-state index in [-0.39, 0.29) is 6.04 Å². The normalized spacial score (nSPS) is 25.4. The van der Waals surface area contributed by atoms with E-state index in [9.17, 15) is 18.0 Å². The highest BCUT2D eigenvalue weighted by Gasteiger charge is 2.30. The van der Waals surface area contributed by atoms with E-state index >= 15 is 0 Å². The average Bonchev–Trinajstić information content (AvgIpc) is 2.27. The number of carbonyl (C=O) groups excluding carboxylic acids is 1. The van der Waals surface area contributed by atoms with E-state index in [1.807, 2.05) is 6.26 Å². The fourth-order valence-corrected chi connectivity index (χ4v) is 2.54. The third-order valence-corrected chi connectivity index (χ3v) is 3.83. The van der Waals surface area contributed by atoms with E-state index < -0.39 is 18.9 Å². The van der Waals surface area contributed by atoms with Crippen molar-refractivity contribution in [2.75, 3.05) is 12.9 Å². The van der Waals surface area contributed by atoms with Crippen molar-refractivity contribution in [1.82, 2.24) is 5.32 Å². The lowest BCUT2D eigenvalue weighted by Gasteiger charge is -2.27. The van der Waals surface area contributed by atoms with E-state index in [0.717, 1.165) is 25.7 Å². The third kappa shape index (κ3) is 6.05. The smallest absolute Gasteiger partial charge is 0.422 e. The van der Waals surface area contributed by atoms with Crippen LogP contribution in [-0.2, 0) is 4.74 Å². The van der Waals surface area contributed by atoms with E-state index in [1.54, 1.807) is 11.8 Å². The van der Waals surface area contributed by atoms with Crippen molar-refractivity contribution in [3.63, 3.8) is 0 Å². The van der Waals surface area contributed by atoms with Gasteiger partial charge in [0.05, 0.1) is 0 Å². The van der Waals surface area contributed by atoms with E-state index in [2.05, 4.69) is 10.1 Å². The van der Waals surface area contributed by atoms with Crippen LogP contribution in [0.3, 0.4) is 0 Å². The summed E-state index contributed by atoms with van der Waals surface area (Å²) in [6.07, 6.45) is 0.148. The van der Waals surface area contributed by atoms with Gasteiger partial charge >= 0.3 is 12.3 Å². The van der Waals surface area contributed by atoms with Crippen LogP contribution in [0.1, 0.15) is 25.7 Å². The van der Waals surface area contributed by atoms with Gasteiger partial charge in [0.1, 0.15) is 0 Å². The highest BCUT2D eigenvalue weighted by Crippen LogP contribution is 2.26. The fraction of sp³-hybridized carbons (Fsp3) is 0.900. The lowest BCUT2D eigenvalue weighted by Crippen LogP contribution is -2.39. The number of rotatable bonds is 3. The molecule has 0 bridgehead atoms.